The maximum absolute atomic E-state index is 10.9. The van der Waals surface area contributed by atoms with E-state index in [9.17, 15) is 9.00 Å². The van der Waals surface area contributed by atoms with Crippen molar-refractivity contribution in [2.75, 3.05) is 18.6 Å². The molecule has 1 unspecified atom stereocenters. The molecule has 0 saturated carbocycles. The lowest BCUT2D eigenvalue weighted by Gasteiger charge is -1.98. The van der Waals surface area contributed by atoms with Crippen LogP contribution in [0.2, 0.25) is 0 Å². The predicted octanol–water partition coefficient (Wildman–Crippen LogP) is 0.338. The van der Waals surface area contributed by atoms with E-state index < -0.39 is 10.8 Å². The van der Waals surface area contributed by atoms with Gasteiger partial charge in [-0.2, -0.15) is 0 Å². The lowest BCUT2D eigenvalue weighted by Crippen LogP contribution is -2.06. The van der Waals surface area contributed by atoms with Crippen LogP contribution in [0, 0.1) is 5.41 Å². The Morgan fingerprint density at radius 2 is 2.33 bits per heavy atom. The molecule has 0 aromatic heterocycles. The molecule has 5 heteroatoms. The predicted molar refractivity (Wildman–Crippen MR) is 47.9 cm³/mol. The quantitative estimate of drug-likeness (QED) is 0.486. The van der Waals surface area contributed by atoms with E-state index in [2.05, 4.69) is 4.74 Å². The van der Waals surface area contributed by atoms with Gasteiger partial charge in [-0.25, -0.2) is 0 Å². The zero-order chi connectivity index (χ0) is 9.40. The van der Waals surface area contributed by atoms with Gasteiger partial charge < -0.3 is 10.1 Å². The van der Waals surface area contributed by atoms with Crippen LogP contribution in [0.5, 0.6) is 0 Å². The third kappa shape index (κ3) is 6.03. The Labute approximate surface area is 74.3 Å². The zero-order valence-corrected chi connectivity index (χ0v) is 7.86. The molecule has 4 nitrogen and oxygen atoms in total. The second kappa shape index (κ2) is 6.97. The number of carbonyl (C=O) groups excluding carboxylic acids is 1. The highest BCUT2D eigenvalue weighted by atomic mass is 32.2. The molecule has 1 atom stereocenters. The fourth-order valence-corrected chi connectivity index (χ4v) is 1.47. The van der Waals surface area contributed by atoms with Gasteiger partial charge in [-0.15, -0.1) is 0 Å². The van der Waals surface area contributed by atoms with E-state index in [1.54, 1.807) is 0 Å². The van der Waals surface area contributed by atoms with Crippen LogP contribution < -0.4 is 0 Å². The molecule has 0 aliphatic heterocycles. The number of hydrogen-bond donors (Lipinski definition) is 1. The first-order valence-electron chi connectivity index (χ1n) is 3.61. The van der Waals surface area contributed by atoms with Crippen LogP contribution in [-0.4, -0.2) is 35.0 Å². The average Bonchev–Trinajstić information content (AvgIpc) is 2.04. The summed E-state index contributed by atoms with van der Waals surface area (Å²) in [7, 11) is 0.341. The van der Waals surface area contributed by atoms with Gasteiger partial charge in [0.25, 0.3) is 0 Å². The summed E-state index contributed by atoms with van der Waals surface area (Å²) in [6.45, 7) is 0. The smallest absolute Gasteiger partial charge is 0.305 e. The van der Waals surface area contributed by atoms with Crippen molar-refractivity contribution in [3.63, 3.8) is 0 Å². The highest BCUT2D eigenvalue weighted by Gasteiger charge is 2.02. The Morgan fingerprint density at radius 3 is 2.83 bits per heavy atom. The standard InChI is InChI=1S/C7H13NO3S/c1-11-7(9)3-2-5-12(10)6-4-8/h4,8H,2-3,5-6H2,1H3. The highest BCUT2D eigenvalue weighted by Crippen LogP contribution is 1.94. The number of nitrogens with one attached hydrogen (secondary N) is 1. The van der Waals surface area contributed by atoms with Crippen LogP contribution >= 0.6 is 0 Å². The molecule has 0 aliphatic rings. The first-order valence-corrected chi connectivity index (χ1v) is 5.10. The van der Waals surface area contributed by atoms with Gasteiger partial charge in [0.1, 0.15) is 0 Å². The SMILES string of the molecule is COC(=O)CCCS(=O)CC=N. The molecular weight excluding hydrogens is 178 g/mol. The molecule has 0 rings (SSSR count). The third-order valence-corrected chi connectivity index (χ3v) is 2.53. The Balaban J connectivity index is 3.36. The number of hydrogen-bond acceptors (Lipinski definition) is 4. The van der Waals surface area contributed by atoms with Crippen LogP contribution in [0.25, 0.3) is 0 Å². The number of rotatable bonds is 6. The Kier molecular flexibility index (Phi) is 6.55. The monoisotopic (exact) mass is 191 g/mol. The molecule has 0 saturated heterocycles. The van der Waals surface area contributed by atoms with Gasteiger partial charge in [-0.3, -0.25) is 9.00 Å². The van der Waals surface area contributed by atoms with Crippen molar-refractivity contribution in [3.8, 4) is 0 Å². The molecule has 70 valence electrons. The third-order valence-electron chi connectivity index (χ3n) is 1.25. The van der Waals surface area contributed by atoms with Crippen LogP contribution in [0.4, 0.5) is 0 Å². The molecule has 0 aromatic carbocycles. The van der Waals surface area contributed by atoms with E-state index in [1.165, 1.54) is 7.11 Å². The Hall–Kier alpha value is -0.710. The van der Waals surface area contributed by atoms with Gasteiger partial charge in [-0.1, -0.05) is 0 Å². The summed E-state index contributed by atoms with van der Waals surface area (Å²) in [5.41, 5.74) is 0. The first-order chi connectivity index (χ1) is 5.70. The number of esters is 1. The molecule has 0 spiro atoms. The van der Waals surface area contributed by atoms with Crippen LogP contribution in [0.3, 0.4) is 0 Å². The van der Waals surface area contributed by atoms with E-state index in [1.807, 2.05) is 0 Å². The van der Waals surface area contributed by atoms with Gasteiger partial charge in [0, 0.05) is 29.2 Å². The number of methoxy groups -OCH3 is 1. The van der Waals surface area contributed by atoms with Crippen LogP contribution in [0.15, 0.2) is 0 Å². The summed E-state index contributed by atoms with van der Waals surface area (Å²) in [6.07, 6.45) is 1.99. The highest BCUT2D eigenvalue weighted by molar-refractivity contribution is 7.85. The van der Waals surface area contributed by atoms with E-state index in [0.717, 1.165) is 6.21 Å². The lowest BCUT2D eigenvalue weighted by atomic mass is 10.3. The van der Waals surface area contributed by atoms with Crippen LogP contribution in [-0.2, 0) is 20.3 Å². The van der Waals surface area contributed by atoms with Crippen molar-refractivity contribution in [1.29, 1.82) is 5.41 Å². The van der Waals surface area contributed by atoms with Crippen molar-refractivity contribution in [1.82, 2.24) is 0 Å². The van der Waals surface area contributed by atoms with Gasteiger partial charge in [-0.05, 0) is 6.42 Å². The second-order valence-corrected chi connectivity index (χ2v) is 3.82. The fourth-order valence-electron chi connectivity index (χ4n) is 0.656. The number of ether oxygens (including phenoxy) is 1. The first kappa shape index (κ1) is 11.3. The van der Waals surface area contributed by atoms with Crippen molar-refractivity contribution in [2.24, 2.45) is 0 Å². The maximum Gasteiger partial charge on any atom is 0.305 e. The van der Waals surface area contributed by atoms with Crippen molar-refractivity contribution in [3.05, 3.63) is 0 Å². The Morgan fingerprint density at radius 1 is 1.67 bits per heavy atom. The van der Waals surface area contributed by atoms with Crippen molar-refractivity contribution >= 4 is 23.0 Å². The topological polar surface area (TPSA) is 67.2 Å². The van der Waals surface area contributed by atoms with Crippen molar-refractivity contribution < 1.29 is 13.7 Å². The van der Waals surface area contributed by atoms with E-state index in [-0.39, 0.29) is 11.7 Å². The van der Waals surface area contributed by atoms with Gasteiger partial charge >= 0.3 is 5.97 Å². The van der Waals surface area contributed by atoms with Gasteiger partial charge in [0.15, 0.2) is 0 Å². The van der Waals surface area contributed by atoms with E-state index in [4.69, 9.17) is 5.41 Å². The van der Waals surface area contributed by atoms with Gasteiger partial charge in [0.05, 0.1) is 12.9 Å². The van der Waals surface area contributed by atoms with Crippen molar-refractivity contribution in [2.45, 2.75) is 12.8 Å². The van der Waals surface area contributed by atoms with Gasteiger partial charge in [0.2, 0.25) is 0 Å². The molecule has 12 heavy (non-hydrogen) atoms. The summed E-state index contributed by atoms with van der Waals surface area (Å²) in [6, 6.07) is 0. The minimum Gasteiger partial charge on any atom is -0.469 e. The average molecular weight is 191 g/mol. The summed E-state index contributed by atoms with van der Waals surface area (Å²) < 4.78 is 15.3. The molecular formula is C7H13NO3S. The molecule has 0 amide bonds. The summed E-state index contributed by atoms with van der Waals surface area (Å²) >= 11 is 0. The minimum absolute atomic E-state index is 0.276. The lowest BCUT2D eigenvalue weighted by molar-refractivity contribution is -0.140. The fraction of sp³-hybridized carbons (Fsp3) is 0.714. The molecule has 0 fully saturated rings. The molecule has 0 bridgehead atoms. The summed E-state index contributed by atoms with van der Waals surface area (Å²) in [5.74, 6) is 0.466. The van der Waals surface area contributed by atoms with Crippen LogP contribution in [0.1, 0.15) is 12.8 Å². The zero-order valence-electron chi connectivity index (χ0n) is 7.04. The molecule has 0 heterocycles. The summed E-state index contributed by atoms with van der Waals surface area (Å²) in [4.78, 5) is 10.6. The second-order valence-electron chi connectivity index (χ2n) is 2.19. The normalized spacial score (nSPS) is 12.1. The molecule has 0 aromatic rings. The Bertz CT molecular complexity index is 181. The van der Waals surface area contributed by atoms with E-state index in [0.29, 0.717) is 18.6 Å². The molecule has 1 N–H and O–H groups in total. The number of carbonyl (C=O) groups is 1. The molecule has 0 aliphatic carbocycles. The largest absolute Gasteiger partial charge is 0.469 e. The van der Waals surface area contributed by atoms with E-state index >= 15 is 0 Å². The maximum atomic E-state index is 10.9. The molecule has 0 radical (unpaired) electrons. The minimum atomic E-state index is -0.989. The summed E-state index contributed by atoms with van der Waals surface area (Å²) in [5, 5.41) is 6.68.